The lowest BCUT2D eigenvalue weighted by Crippen LogP contribution is -2.50. The number of hydrogen-bond donors (Lipinski definition) is 0. The average Bonchev–Trinajstić information content (AvgIpc) is 3.04. The largest absolute Gasteiger partial charge is 0.479 e. The fourth-order valence-electron chi connectivity index (χ4n) is 3.09. The molecule has 0 radical (unpaired) electrons. The molecule has 2 aliphatic heterocycles. The minimum Gasteiger partial charge on any atom is -0.479 e. The molecule has 1 aromatic carbocycles. The molecule has 2 fully saturated rings. The van der Waals surface area contributed by atoms with Gasteiger partial charge in [0.15, 0.2) is 11.9 Å². The van der Waals surface area contributed by atoms with Crippen LogP contribution < -0.4 is 4.74 Å². The van der Waals surface area contributed by atoms with Gasteiger partial charge in [0.05, 0.1) is 18.2 Å². The average molecular weight is 374 g/mol. The molecule has 132 valence electrons. The number of ether oxygens (including phenoxy) is 3. The highest BCUT2D eigenvalue weighted by atomic mass is 35.5. The standard InChI is InChI=1S/C17H21Cl2NO4/c1-2-14(24-15-11-12(18)3-4-13(15)19)16(21)20-7-5-17(6-8-20)22-9-10-23-17/h3-4,11,14H,2,5-10H2,1H3/t14-/m1/s1. The highest BCUT2D eigenvalue weighted by molar-refractivity contribution is 6.34. The SMILES string of the molecule is CC[C@@H](Oc1cc(Cl)ccc1Cl)C(=O)N1CCC2(CC1)OCCO2. The molecule has 0 aliphatic carbocycles. The second-order valence-corrected chi connectivity index (χ2v) is 6.87. The fraction of sp³-hybridized carbons (Fsp3) is 0.588. The van der Waals surface area contributed by atoms with E-state index in [1.807, 2.05) is 11.8 Å². The molecule has 0 bridgehead atoms. The number of benzene rings is 1. The van der Waals surface area contributed by atoms with Crippen molar-refractivity contribution in [3.05, 3.63) is 28.2 Å². The van der Waals surface area contributed by atoms with Crippen molar-refractivity contribution >= 4 is 29.1 Å². The zero-order chi connectivity index (χ0) is 17.2. The van der Waals surface area contributed by atoms with Gasteiger partial charge in [0.1, 0.15) is 5.75 Å². The van der Waals surface area contributed by atoms with E-state index in [0.29, 0.717) is 61.4 Å². The van der Waals surface area contributed by atoms with Crippen LogP contribution in [0.25, 0.3) is 0 Å². The van der Waals surface area contributed by atoms with E-state index >= 15 is 0 Å². The highest BCUT2D eigenvalue weighted by Crippen LogP contribution is 2.32. The first kappa shape index (κ1) is 17.8. The summed E-state index contributed by atoms with van der Waals surface area (Å²) in [5, 5.41) is 0.961. The van der Waals surface area contributed by atoms with Crippen molar-refractivity contribution in [1.82, 2.24) is 4.90 Å². The third-order valence-corrected chi connectivity index (χ3v) is 5.01. The summed E-state index contributed by atoms with van der Waals surface area (Å²) in [6.45, 7) is 4.36. The van der Waals surface area contributed by atoms with Crippen molar-refractivity contribution in [2.24, 2.45) is 0 Å². The van der Waals surface area contributed by atoms with Crippen LogP contribution in [0.5, 0.6) is 5.75 Å². The summed E-state index contributed by atoms with van der Waals surface area (Å²) in [6, 6.07) is 4.98. The zero-order valence-electron chi connectivity index (χ0n) is 13.6. The van der Waals surface area contributed by atoms with Gasteiger partial charge in [-0.05, 0) is 18.6 Å². The Morgan fingerprint density at radius 1 is 1.29 bits per heavy atom. The normalized spacial score (nSPS) is 21.0. The summed E-state index contributed by atoms with van der Waals surface area (Å²) < 4.78 is 17.2. The van der Waals surface area contributed by atoms with Gasteiger partial charge in [0, 0.05) is 37.0 Å². The lowest BCUT2D eigenvalue weighted by molar-refractivity contribution is -0.189. The van der Waals surface area contributed by atoms with Crippen LogP contribution in [0.1, 0.15) is 26.2 Å². The number of piperidine rings is 1. The van der Waals surface area contributed by atoms with E-state index in [1.54, 1.807) is 18.2 Å². The van der Waals surface area contributed by atoms with Crippen LogP contribution in [0.15, 0.2) is 18.2 Å². The van der Waals surface area contributed by atoms with E-state index in [1.165, 1.54) is 0 Å². The van der Waals surface area contributed by atoms with Crippen LogP contribution in [-0.4, -0.2) is 49.0 Å². The quantitative estimate of drug-likeness (QED) is 0.809. The van der Waals surface area contributed by atoms with Gasteiger partial charge in [-0.3, -0.25) is 4.79 Å². The molecule has 3 rings (SSSR count). The number of hydrogen-bond acceptors (Lipinski definition) is 4. The summed E-state index contributed by atoms with van der Waals surface area (Å²) in [7, 11) is 0. The van der Waals surface area contributed by atoms with E-state index in [4.69, 9.17) is 37.4 Å². The maximum absolute atomic E-state index is 12.8. The number of halogens is 2. The van der Waals surface area contributed by atoms with Crippen molar-refractivity contribution in [3.63, 3.8) is 0 Å². The molecule has 1 aromatic rings. The molecule has 2 aliphatic rings. The molecule has 2 heterocycles. The number of likely N-dealkylation sites (tertiary alicyclic amines) is 1. The molecule has 0 saturated carbocycles. The van der Waals surface area contributed by atoms with Crippen molar-refractivity contribution in [3.8, 4) is 5.75 Å². The molecule has 1 atom stereocenters. The predicted octanol–water partition coefficient (Wildman–Crippen LogP) is 3.52. The molecular formula is C17H21Cl2NO4. The van der Waals surface area contributed by atoms with Crippen LogP contribution in [0.2, 0.25) is 10.0 Å². The lowest BCUT2D eigenvalue weighted by atomic mass is 10.0. The summed E-state index contributed by atoms with van der Waals surface area (Å²) >= 11 is 12.1. The second-order valence-electron chi connectivity index (χ2n) is 6.02. The summed E-state index contributed by atoms with van der Waals surface area (Å²) in [5.41, 5.74) is 0. The van der Waals surface area contributed by atoms with E-state index in [9.17, 15) is 4.79 Å². The number of carbonyl (C=O) groups is 1. The molecule has 0 unspecified atom stereocenters. The lowest BCUT2D eigenvalue weighted by Gasteiger charge is -2.38. The Morgan fingerprint density at radius 2 is 1.96 bits per heavy atom. The Morgan fingerprint density at radius 3 is 2.58 bits per heavy atom. The van der Waals surface area contributed by atoms with Gasteiger partial charge in [-0.15, -0.1) is 0 Å². The van der Waals surface area contributed by atoms with Crippen molar-refractivity contribution in [1.29, 1.82) is 0 Å². The molecule has 0 N–H and O–H groups in total. The van der Waals surface area contributed by atoms with E-state index in [-0.39, 0.29) is 5.91 Å². The summed E-state index contributed by atoms with van der Waals surface area (Å²) in [4.78, 5) is 14.6. The highest BCUT2D eigenvalue weighted by Gasteiger charge is 2.41. The molecule has 24 heavy (non-hydrogen) atoms. The molecular weight excluding hydrogens is 353 g/mol. The number of carbonyl (C=O) groups excluding carboxylic acids is 1. The van der Waals surface area contributed by atoms with Crippen LogP contribution in [0.4, 0.5) is 0 Å². The Hall–Kier alpha value is -1.01. The van der Waals surface area contributed by atoms with Gasteiger partial charge in [-0.1, -0.05) is 30.1 Å². The van der Waals surface area contributed by atoms with Gasteiger partial charge >= 0.3 is 0 Å². The summed E-state index contributed by atoms with van der Waals surface area (Å²) in [5.74, 6) is -0.100. The van der Waals surface area contributed by atoms with Crippen molar-refractivity contribution in [2.45, 2.75) is 38.1 Å². The minimum absolute atomic E-state index is 0.0404. The molecule has 0 aromatic heterocycles. The van der Waals surface area contributed by atoms with Crippen LogP contribution in [0, 0.1) is 0 Å². The first-order valence-electron chi connectivity index (χ1n) is 8.21. The zero-order valence-corrected chi connectivity index (χ0v) is 15.1. The van der Waals surface area contributed by atoms with E-state index in [0.717, 1.165) is 0 Å². The third kappa shape index (κ3) is 3.80. The van der Waals surface area contributed by atoms with Crippen LogP contribution in [-0.2, 0) is 14.3 Å². The Balaban J connectivity index is 1.63. The first-order valence-corrected chi connectivity index (χ1v) is 8.97. The number of amides is 1. The predicted molar refractivity (Wildman–Crippen MR) is 91.6 cm³/mol. The van der Waals surface area contributed by atoms with Crippen LogP contribution >= 0.6 is 23.2 Å². The summed E-state index contributed by atoms with van der Waals surface area (Å²) in [6.07, 6.45) is 1.34. The van der Waals surface area contributed by atoms with Gasteiger partial charge in [0.25, 0.3) is 5.91 Å². The minimum atomic E-state index is -0.583. The number of rotatable bonds is 4. The van der Waals surface area contributed by atoms with Gasteiger partial charge in [-0.2, -0.15) is 0 Å². The van der Waals surface area contributed by atoms with Crippen molar-refractivity contribution in [2.75, 3.05) is 26.3 Å². The molecule has 2 saturated heterocycles. The molecule has 1 amide bonds. The monoisotopic (exact) mass is 373 g/mol. The Kier molecular flexibility index (Phi) is 5.55. The number of nitrogens with zero attached hydrogens (tertiary/aromatic N) is 1. The maximum atomic E-state index is 12.8. The van der Waals surface area contributed by atoms with Gasteiger partial charge in [-0.25, -0.2) is 0 Å². The molecule has 1 spiro atoms. The fourth-order valence-corrected chi connectivity index (χ4v) is 3.41. The van der Waals surface area contributed by atoms with Crippen molar-refractivity contribution < 1.29 is 19.0 Å². The molecule has 5 nitrogen and oxygen atoms in total. The smallest absolute Gasteiger partial charge is 0.263 e. The van der Waals surface area contributed by atoms with Gasteiger partial charge < -0.3 is 19.1 Å². The Labute approximate surface area is 151 Å². The molecule has 7 heteroatoms. The van der Waals surface area contributed by atoms with E-state index in [2.05, 4.69) is 0 Å². The Bertz CT molecular complexity index is 594. The second kappa shape index (κ2) is 7.48. The van der Waals surface area contributed by atoms with E-state index < -0.39 is 11.9 Å². The first-order chi connectivity index (χ1) is 11.5. The maximum Gasteiger partial charge on any atom is 0.263 e. The third-order valence-electron chi connectivity index (χ3n) is 4.46. The topological polar surface area (TPSA) is 48.0 Å². The van der Waals surface area contributed by atoms with Gasteiger partial charge in [0.2, 0.25) is 0 Å². The van der Waals surface area contributed by atoms with Crippen LogP contribution in [0.3, 0.4) is 0 Å².